The number of aryl methyl sites for hydroxylation is 1. The molecule has 0 radical (unpaired) electrons. The van der Waals surface area contributed by atoms with Crippen molar-refractivity contribution in [3.05, 3.63) is 59.7 Å². The van der Waals surface area contributed by atoms with Gasteiger partial charge in [0.25, 0.3) is 5.91 Å². The van der Waals surface area contributed by atoms with E-state index in [0.717, 1.165) is 11.1 Å². The fourth-order valence-corrected chi connectivity index (χ4v) is 2.70. The maximum Gasteiger partial charge on any atom is 0.310 e. The second-order valence-electron chi connectivity index (χ2n) is 6.65. The maximum atomic E-state index is 12.8. The molecule has 0 fully saturated rings. The molecule has 6 heteroatoms. The van der Waals surface area contributed by atoms with Crippen molar-refractivity contribution in [1.29, 1.82) is 0 Å². The summed E-state index contributed by atoms with van der Waals surface area (Å²) in [6.07, 6.45) is 0. The molecule has 1 unspecified atom stereocenters. The third-order valence-corrected chi connectivity index (χ3v) is 4.35. The predicted octanol–water partition coefficient (Wildman–Crippen LogP) is 3.22. The van der Waals surface area contributed by atoms with Crippen LogP contribution < -0.4 is 9.47 Å². The first kappa shape index (κ1) is 21.3. The fraction of sp³-hybridized carbons (Fsp3) is 0.364. The molecule has 0 heterocycles. The molecule has 0 aliphatic carbocycles. The summed E-state index contributed by atoms with van der Waals surface area (Å²) in [4.78, 5) is 26.2. The summed E-state index contributed by atoms with van der Waals surface area (Å²) < 4.78 is 15.6. The van der Waals surface area contributed by atoms with Crippen molar-refractivity contribution < 1.29 is 23.8 Å². The topological polar surface area (TPSA) is 65.1 Å². The Morgan fingerprint density at radius 3 is 2.36 bits per heavy atom. The second kappa shape index (κ2) is 10.3. The summed E-state index contributed by atoms with van der Waals surface area (Å²) in [5.41, 5.74) is 2.13. The quantitative estimate of drug-likeness (QED) is 0.620. The molecule has 2 aromatic rings. The van der Waals surface area contributed by atoms with E-state index in [-0.39, 0.29) is 25.0 Å². The molecule has 2 rings (SSSR count). The minimum absolute atomic E-state index is 0.132. The van der Waals surface area contributed by atoms with E-state index in [2.05, 4.69) is 0 Å². The van der Waals surface area contributed by atoms with E-state index in [9.17, 15) is 9.59 Å². The SMILES string of the molecule is COC(=O)C(C)CN(Cc1ccc(C)cc1)C(=O)COc1cccc(OC)c1. The lowest BCUT2D eigenvalue weighted by Gasteiger charge is -2.25. The first-order valence-electron chi connectivity index (χ1n) is 9.11. The summed E-state index contributed by atoms with van der Waals surface area (Å²) >= 11 is 0. The zero-order valence-electron chi connectivity index (χ0n) is 16.8. The Hall–Kier alpha value is -3.02. The van der Waals surface area contributed by atoms with Crippen LogP contribution in [-0.4, -0.2) is 44.1 Å². The standard InChI is InChI=1S/C22H27NO5/c1-16-8-10-18(11-9-16)14-23(13-17(2)22(25)27-4)21(24)15-28-20-7-5-6-19(12-20)26-3/h5-12,17H,13-15H2,1-4H3. The molecule has 2 aromatic carbocycles. The highest BCUT2D eigenvalue weighted by Crippen LogP contribution is 2.19. The molecule has 0 saturated heterocycles. The van der Waals surface area contributed by atoms with Gasteiger partial charge in [0.15, 0.2) is 6.61 Å². The molecule has 1 atom stereocenters. The summed E-state index contributed by atoms with van der Waals surface area (Å²) in [6, 6.07) is 15.0. The Bertz CT molecular complexity index is 788. The number of rotatable bonds is 9. The molecule has 0 aliphatic rings. The van der Waals surface area contributed by atoms with E-state index in [4.69, 9.17) is 14.2 Å². The van der Waals surface area contributed by atoms with Crippen molar-refractivity contribution >= 4 is 11.9 Å². The predicted molar refractivity (Wildman–Crippen MR) is 106 cm³/mol. The molecule has 0 aliphatic heterocycles. The minimum atomic E-state index is -0.434. The zero-order chi connectivity index (χ0) is 20.5. The molecular formula is C22H27NO5. The molecule has 0 N–H and O–H groups in total. The van der Waals surface area contributed by atoms with Crippen molar-refractivity contribution in [3.63, 3.8) is 0 Å². The zero-order valence-corrected chi connectivity index (χ0v) is 16.8. The summed E-state index contributed by atoms with van der Waals surface area (Å²) in [7, 11) is 2.92. The first-order valence-corrected chi connectivity index (χ1v) is 9.11. The molecule has 1 amide bonds. The van der Waals surface area contributed by atoms with E-state index in [0.29, 0.717) is 18.0 Å². The Balaban J connectivity index is 2.08. The van der Waals surface area contributed by atoms with Gasteiger partial charge in [0.2, 0.25) is 0 Å². The largest absolute Gasteiger partial charge is 0.497 e. The van der Waals surface area contributed by atoms with Crippen molar-refractivity contribution in [3.8, 4) is 11.5 Å². The molecular weight excluding hydrogens is 358 g/mol. The van der Waals surface area contributed by atoms with Crippen LogP contribution >= 0.6 is 0 Å². The van der Waals surface area contributed by atoms with Gasteiger partial charge in [-0.2, -0.15) is 0 Å². The molecule has 0 aromatic heterocycles. The molecule has 0 spiro atoms. The lowest BCUT2D eigenvalue weighted by molar-refractivity contribution is -0.147. The molecule has 6 nitrogen and oxygen atoms in total. The van der Waals surface area contributed by atoms with Crippen LogP contribution in [0.15, 0.2) is 48.5 Å². The number of ether oxygens (including phenoxy) is 3. The average Bonchev–Trinajstić information content (AvgIpc) is 2.72. The van der Waals surface area contributed by atoms with Crippen molar-refractivity contribution in [2.24, 2.45) is 5.92 Å². The van der Waals surface area contributed by atoms with E-state index in [1.807, 2.05) is 31.2 Å². The lowest BCUT2D eigenvalue weighted by atomic mass is 10.1. The van der Waals surface area contributed by atoms with Gasteiger partial charge in [-0.25, -0.2) is 0 Å². The first-order chi connectivity index (χ1) is 13.4. The Morgan fingerprint density at radius 1 is 1.04 bits per heavy atom. The highest BCUT2D eigenvalue weighted by molar-refractivity contribution is 5.79. The van der Waals surface area contributed by atoms with E-state index in [1.165, 1.54) is 7.11 Å². The third kappa shape index (κ3) is 6.30. The van der Waals surface area contributed by atoms with Crippen molar-refractivity contribution in [2.45, 2.75) is 20.4 Å². The van der Waals surface area contributed by atoms with Gasteiger partial charge in [-0.05, 0) is 24.6 Å². The van der Waals surface area contributed by atoms with Crippen LogP contribution in [0.4, 0.5) is 0 Å². The van der Waals surface area contributed by atoms with Gasteiger partial charge in [0.1, 0.15) is 11.5 Å². The molecule has 0 bridgehead atoms. The van der Waals surface area contributed by atoms with Crippen LogP contribution in [-0.2, 0) is 20.9 Å². The fourth-order valence-electron chi connectivity index (χ4n) is 2.70. The number of amides is 1. The minimum Gasteiger partial charge on any atom is -0.497 e. The number of hydrogen-bond acceptors (Lipinski definition) is 5. The van der Waals surface area contributed by atoms with Crippen LogP contribution in [0.1, 0.15) is 18.1 Å². The highest BCUT2D eigenvalue weighted by Gasteiger charge is 2.22. The van der Waals surface area contributed by atoms with Crippen LogP contribution in [0, 0.1) is 12.8 Å². The smallest absolute Gasteiger partial charge is 0.310 e. The lowest BCUT2D eigenvalue weighted by Crippen LogP contribution is -2.39. The second-order valence-corrected chi connectivity index (χ2v) is 6.65. The van der Waals surface area contributed by atoms with Crippen molar-refractivity contribution in [1.82, 2.24) is 4.90 Å². The molecule has 0 saturated carbocycles. The van der Waals surface area contributed by atoms with E-state index < -0.39 is 5.92 Å². The highest BCUT2D eigenvalue weighted by atomic mass is 16.5. The van der Waals surface area contributed by atoms with Gasteiger partial charge >= 0.3 is 5.97 Å². The van der Waals surface area contributed by atoms with Gasteiger partial charge in [-0.3, -0.25) is 9.59 Å². The maximum absolute atomic E-state index is 12.8. The number of carbonyl (C=O) groups excluding carboxylic acids is 2. The summed E-state index contributed by atoms with van der Waals surface area (Å²) in [5.74, 6) is 0.204. The summed E-state index contributed by atoms with van der Waals surface area (Å²) in [5, 5.41) is 0. The Kier molecular flexibility index (Phi) is 7.87. The number of methoxy groups -OCH3 is 2. The average molecular weight is 385 g/mol. The monoisotopic (exact) mass is 385 g/mol. The van der Waals surface area contributed by atoms with Gasteiger partial charge in [0.05, 0.1) is 20.1 Å². The Morgan fingerprint density at radius 2 is 1.71 bits per heavy atom. The van der Waals surface area contributed by atoms with Crippen LogP contribution in [0.25, 0.3) is 0 Å². The van der Waals surface area contributed by atoms with E-state index >= 15 is 0 Å². The number of benzene rings is 2. The normalized spacial score (nSPS) is 11.4. The van der Waals surface area contributed by atoms with Gasteiger partial charge in [0, 0.05) is 19.2 Å². The number of esters is 1. The van der Waals surface area contributed by atoms with E-state index in [1.54, 1.807) is 43.2 Å². The number of hydrogen-bond donors (Lipinski definition) is 0. The van der Waals surface area contributed by atoms with Gasteiger partial charge in [-0.15, -0.1) is 0 Å². The van der Waals surface area contributed by atoms with Crippen LogP contribution in [0.3, 0.4) is 0 Å². The third-order valence-electron chi connectivity index (χ3n) is 4.35. The van der Waals surface area contributed by atoms with Crippen LogP contribution in [0.2, 0.25) is 0 Å². The van der Waals surface area contributed by atoms with Crippen LogP contribution in [0.5, 0.6) is 11.5 Å². The molecule has 150 valence electrons. The van der Waals surface area contributed by atoms with Gasteiger partial charge < -0.3 is 19.1 Å². The molecule has 28 heavy (non-hydrogen) atoms. The summed E-state index contributed by atoms with van der Waals surface area (Å²) in [6.45, 7) is 4.26. The van der Waals surface area contributed by atoms with Crippen molar-refractivity contribution in [2.75, 3.05) is 27.4 Å². The Labute approximate surface area is 166 Å². The van der Waals surface area contributed by atoms with Gasteiger partial charge in [-0.1, -0.05) is 42.8 Å². The number of carbonyl (C=O) groups is 2. The number of nitrogens with zero attached hydrogens (tertiary/aromatic N) is 1.